The Morgan fingerprint density at radius 2 is 1.57 bits per heavy atom. The Bertz CT molecular complexity index is 284. The lowest BCUT2D eigenvalue weighted by atomic mass is 10.7. The van der Waals surface area contributed by atoms with Crippen LogP contribution in [-0.4, -0.2) is 38.1 Å². The summed E-state index contributed by atoms with van der Waals surface area (Å²) in [6, 6.07) is 0. The molecule has 0 radical (unpaired) electrons. The van der Waals surface area contributed by atoms with Gasteiger partial charge in [-0.05, 0) is 0 Å². The van der Waals surface area contributed by atoms with Gasteiger partial charge in [-0.2, -0.15) is 22.0 Å². The predicted octanol–water partition coefficient (Wildman–Crippen LogP) is 0.0532. The first-order valence-corrected chi connectivity index (χ1v) is 4.59. The zero-order valence-electron chi connectivity index (χ0n) is 6.48. The van der Waals surface area contributed by atoms with E-state index in [9.17, 15) is 30.4 Å². The molecule has 14 heavy (non-hydrogen) atoms. The third-order valence-electron chi connectivity index (χ3n) is 1.07. The Balaban J connectivity index is 4.90. The minimum Gasteiger partial charge on any atom is -0.395 e. The number of halogens is 5. The van der Waals surface area contributed by atoms with Crippen LogP contribution in [0.1, 0.15) is 0 Å². The lowest BCUT2D eigenvalue weighted by molar-refractivity contribution is -0.241. The molecule has 0 atom stereocenters. The zero-order valence-corrected chi connectivity index (χ0v) is 7.29. The molecule has 0 aliphatic carbocycles. The van der Waals surface area contributed by atoms with E-state index in [1.165, 1.54) is 0 Å². The number of alkyl halides is 5. The van der Waals surface area contributed by atoms with Crippen molar-refractivity contribution in [2.75, 3.05) is 13.2 Å². The van der Waals surface area contributed by atoms with Crippen LogP contribution in [0.15, 0.2) is 0 Å². The topological polar surface area (TPSA) is 66.4 Å². The number of rotatable bonds is 4. The van der Waals surface area contributed by atoms with Gasteiger partial charge in [-0.15, -0.1) is 0 Å². The van der Waals surface area contributed by atoms with Crippen LogP contribution in [0.3, 0.4) is 0 Å². The Morgan fingerprint density at radius 1 is 1.14 bits per heavy atom. The van der Waals surface area contributed by atoms with E-state index in [4.69, 9.17) is 5.11 Å². The van der Waals surface area contributed by atoms with Crippen molar-refractivity contribution in [3.63, 3.8) is 0 Å². The number of hydrogen-bond acceptors (Lipinski definition) is 3. The smallest absolute Gasteiger partial charge is 0.395 e. The summed E-state index contributed by atoms with van der Waals surface area (Å²) in [6.07, 6.45) is -6.19. The first-order chi connectivity index (χ1) is 6.06. The molecule has 0 saturated carbocycles. The number of nitrogens with one attached hydrogen (secondary N) is 1. The summed E-state index contributed by atoms with van der Waals surface area (Å²) >= 11 is 0. The zero-order chi connectivity index (χ0) is 11.6. The quantitative estimate of drug-likeness (QED) is 0.686. The molecule has 0 aromatic heterocycles. The minimum atomic E-state index is -6.19. The van der Waals surface area contributed by atoms with E-state index in [-0.39, 0.29) is 0 Å². The second kappa shape index (κ2) is 3.95. The Hall–Kier alpha value is -0.480. The average molecular weight is 243 g/mol. The van der Waals surface area contributed by atoms with E-state index in [0.29, 0.717) is 0 Å². The number of aliphatic hydroxyl groups is 1. The van der Waals surface area contributed by atoms with E-state index in [2.05, 4.69) is 0 Å². The van der Waals surface area contributed by atoms with Crippen molar-refractivity contribution < 1.29 is 35.5 Å². The number of sulfonamides is 1. The van der Waals surface area contributed by atoms with Crippen molar-refractivity contribution in [1.29, 1.82) is 0 Å². The third kappa shape index (κ3) is 2.51. The Morgan fingerprint density at radius 3 is 1.86 bits per heavy atom. The monoisotopic (exact) mass is 243 g/mol. The molecule has 0 aromatic carbocycles. The molecule has 0 bridgehead atoms. The lowest BCUT2D eigenvalue weighted by Gasteiger charge is -2.19. The second-order valence-corrected chi connectivity index (χ2v) is 3.94. The highest BCUT2D eigenvalue weighted by Crippen LogP contribution is 2.38. The highest BCUT2D eigenvalue weighted by atomic mass is 32.2. The fourth-order valence-corrected chi connectivity index (χ4v) is 1.27. The number of hydrogen-bond donors (Lipinski definition) is 2. The van der Waals surface area contributed by atoms with Gasteiger partial charge in [0.05, 0.1) is 6.61 Å². The molecule has 0 aromatic rings. The maximum absolute atomic E-state index is 12.2. The molecule has 0 saturated heterocycles. The van der Waals surface area contributed by atoms with Crippen LogP contribution >= 0.6 is 0 Å². The van der Waals surface area contributed by atoms with E-state index in [1.807, 2.05) is 0 Å². The maximum atomic E-state index is 12.2. The van der Waals surface area contributed by atoms with Crippen molar-refractivity contribution >= 4 is 10.0 Å². The highest BCUT2D eigenvalue weighted by molar-refractivity contribution is 7.90. The SMILES string of the molecule is O=S(=O)(NCCO)C(F)(F)C(F)(F)F. The molecule has 0 aliphatic rings. The largest absolute Gasteiger partial charge is 0.470 e. The van der Waals surface area contributed by atoms with Crippen molar-refractivity contribution in [2.45, 2.75) is 11.4 Å². The lowest BCUT2D eigenvalue weighted by Crippen LogP contribution is -2.50. The average Bonchev–Trinajstić information content (AvgIpc) is 1.98. The molecule has 0 rings (SSSR count). The first-order valence-electron chi connectivity index (χ1n) is 3.11. The third-order valence-corrected chi connectivity index (χ3v) is 2.56. The van der Waals surface area contributed by atoms with Gasteiger partial charge in [0.2, 0.25) is 0 Å². The van der Waals surface area contributed by atoms with Gasteiger partial charge in [-0.1, -0.05) is 0 Å². The minimum absolute atomic E-state index is 0.882. The predicted molar refractivity (Wildman–Crippen MR) is 35.0 cm³/mol. The van der Waals surface area contributed by atoms with Gasteiger partial charge in [0.1, 0.15) is 0 Å². The van der Waals surface area contributed by atoms with Gasteiger partial charge in [0.25, 0.3) is 10.0 Å². The summed E-state index contributed by atoms with van der Waals surface area (Å²) in [5, 5.41) is 2.18. The summed E-state index contributed by atoms with van der Waals surface area (Å²) in [5.74, 6) is 0. The molecular formula is C4H6F5NO3S. The van der Waals surface area contributed by atoms with Gasteiger partial charge >= 0.3 is 11.4 Å². The van der Waals surface area contributed by atoms with E-state index < -0.39 is 34.6 Å². The highest BCUT2D eigenvalue weighted by Gasteiger charge is 2.67. The van der Waals surface area contributed by atoms with E-state index >= 15 is 0 Å². The number of aliphatic hydroxyl groups excluding tert-OH is 1. The van der Waals surface area contributed by atoms with E-state index in [1.54, 1.807) is 0 Å². The molecule has 4 nitrogen and oxygen atoms in total. The van der Waals surface area contributed by atoms with Gasteiger partial charge in [-0.25, -0.2) is 13.1 Å². The Labute approximate surface area is 75.8 Å². The molecule has 10 heteroatoms. The van der Waals surface area contributed by atoms with Gasteiger partial charge in [0, 0.05) is 6.54 Å². The molecule has 2 N–H and O–H groups in total. The summed E-state index contributed by atoms with van der Waals surface area (Å²) in [4.78, 5) is 0. The van der Waals surface area contributed by atoms with Crippen LogP contribution in [0.25, 0.3) is 0 Å². The summed E-state index contributed by atoms with van der Waals surface area (Å²) in [7, 11) is -5.85. The van der Waals surface area contributed by atoms with Crippen molar-refractivity contribution in [2.24, 2.45) is 0 Å². The normalized spacial score (nSPS) is 14.4. The molecular weight excluding hydrogens is 237 g/mol. The molecule has 86 valence electrons. The van der Waals surface area contributed by atoms with Gasteiger partial charge in [-0.3, -0.25) is 0 Å². The van der Waals surface area contributed by atoms with Crippen molar-refractivity contribution in [3.05, 3.63) is 0 Å². The molecule has 0 aliphatic heterocycles. The first kappa shape index (κ1) is 13.5. The van der Waals surface area contributed by atoms with Gasteiger partial charge < -0.3 is 5.11 Å². The van der Waals surface area contributed by atoms with Crippen LogP contribution in [0.4, 0.5) is 22.0 Å². The van der Waals surface area contributed by atoms with Gasteiger partial charge in [0.15, 0.2) is 0 Å². The van der Waals surface area contributed by atoms with Crippen LogP contribution in [0.5, 0.6) is 0 Å². The van der Waals surface area contributed by atoms with Crippen LogP contribution in [0.2, 0.25) is 0 Å². The fourth-order valence-electron chi connectivity index (χ4n) is 0.423. The fraction of sp³-hybridized carbons (Fsp3) is 1.00. The van der Waals surface area contributed by atoms with E-state index in [0.717, 1.165) is 4.72 Å². The Kier molecular flexibility index (Phi) is 3.81. The molecule has 0 amide bonds. The summed E-state index contributed by atoms with van der Waals surface area (Å²) < 4.78 is 80.6. The van der Waals surface area contributed by atoms with Crippen LogP contribution in [-0.2, 0) is 10.0 Å². The molecule has 0 heterocycles. The molecule has 0 fully saturated rings. The molecule has 0 unspecified atom stereocenters. The summed E-state index contributed by atoms with van der Waals surface area (Å²) in [5.41, 5.74) is 0. The molecule has 0 spiro atoms. The van der Waals surface area contributed by atoms with Crippen molar-refractivity contribution in [1.82, 2.24) is 4.72 Å². The van der Waals surface area contributed by atoms with Crippen LogP contribution in [0, 0.1) is 0 Å². The van der Waals surface area contributed by atoms with Crippen molar-refractivity contribution in [3.8, 4) is 0 Å². The summed E-state index contributed by atoms with van der Waals surface area (Å²) in [6.45, 7) is -1.79. The maximum Gasteiger partial charge on any atom is 0.470 e. The standard InChI is InChI=1S/C4H6F5NO3S/c5-3(6,7)4(8,9)14(12,13)10-1-2-11/h10-11H,1-2H2. The second-order valence-electron chi connectivity index (χ2n) is 2.14. The van der Waals surface area contributed by atoms with Crippen LogP contribution < -0.4 is 4.72 Å².